The van der Waals surface area contributed by atoms with Crippen molar-refractivity contribution in [3.63, 3.8) is 0 Å². The van der Waals surface area contributed by atoms with Gasteiger partial charge >= 0.3 is 0 Å². The first kappa shape index (κ1) is 14.0. The van der Waals surface area contributed by atoms with Gasteiger partial charge in [-0.3, -0.25) is 0 Å². The Morgan fingerprint density at radius 2 is 1.65 bits per heavy atom. The van der Waals surface area contributed by atoms with E-state index in [4.69, 9.17) is 19.3 Å². The SMILES string of the molecule is COc1cc(OC)c(SC(C)CO)c(OC)c1. The van der Waals surface area contributed by atoms with Gasteiger partial charge in [0.25, 0.3) is 0 Å². The normalized spacial score (nSPS) is 12.1. The minimum Gasteiger partial charge on any atom is -0.496 e. The molecule has 0 aliphatic rings. The molecule has 1 aromatic rings. The van der Waals surface area contributed by atoms with Crippen molar-refractivity contribution in [1.29, 1.82) is 0 Å². The van der Waals surface area contributed by atoms with Crippen LogP contribution >= 0.6 is 11.8 Å². The Morgan fingerprint density at radius 3 is 2.00 bits per heavy atom. The molecular formula is C12H18O4S. The molecule has 0 amide bonds. The first-order valence-corrected chi connectivity index (χ1v) is 6.11. The Labute approximate surface area is 106 Å². The van der Waals surface area contributed by atoms with Crippen molar-refractivity contribution < 1.29 is 19.3 Å². The lowest BCUT2D eigenvalue weighted by molar-refractivity contribution is 0.299. The Bertz CT molecular complexity index is 343. The molecule has 0 radical (unpaired) electrons. The number of methoxy groups -OCH3 is 3. The van der Waals surface area contributed by atoms with Crippen LogP contribution < -0.4 is 14.2 Å². The van der Waals surface area contributed by atoms with Gasteiger partial charge in [-0.2, -0.15) is 0 Å². The summed E-state index contributed by atoms with van der Waals surface area (Å²) < 4.78 is 15.8. The van der Waals surface area contributed by atoms with Gasteiger partial charge in [0.15, 0.2) is 0 Å². The Balaban J connectivity index is 3.15. The summed E-state index contributed by atoms with van der Waals surface area (Å²) in [5.74, 6) is 2.05. The van der Waals surface area contributed by atoms with Gasteiger partial charge < -0.3 is 19.3 Å². The molecule has 0 aliphatic heterocycles. The third-order valence-corrected chi connectivity index (χ3v) is 3.44. The van der Waals surface area contributed by atoms with E-state index in [1.165, 1.54) is 11.8 Å². The van der Waals surface area contributed by atoms with Gasteiger partial charge in [0, 0.05) is 17.4 Å². The molecule has 0 aliphatic carbocycles. The highest BCUT2D eigenvalue weighted by Crippen LogP contribution is 2.42. The molecule has 0 heterocycles. The lowest BCUT2D eigenvalue weighted by Crippen LogP contribution is -2.03. The molecule has 1 unspecified atom stereocenters. The number of rotatable bonds is 6. The summed E-state index contributed by atoms with van der Waals surface area (Å²) in [6.45, 7) is 2.04. The highest BCUT2D eigenvalue weighted by atomic mass is 32.2. The second kappa shape index (κ2) is 6.61. The number of aliphatic hydroxyl groups is 1. The fraction of sp³-hybridized carbons (Fsp3) is 0.500. The average Bonchev–Trinajstić information content (AvgIpc) is 2.38. The van der Waals surface area contributed by atoms with Crippen LogP contribution in [0.25, 0.3) is 0 Å². The Morgan fingerprint density at radius 1 is 1.12 bits per heavy atom. The van der Waals surface area contributed by atoms with Gasteiger partial charge in [0.05, 0.1) is 32.8 Å². The molecule has 96 valence electrons. The molecule has 1 N–H and O–H groups in total. The van der Waals surface area contributed by atoms with E-state index < -0.39 is 0 Å². The van der Waals surface area contributed by atoms with Crippen LogP contribution in [0.4, 0.5) is 0 Å². The van der Waals surface area contributed by atoms with E-state index in [0.717, 1.165) is 4.90 Å². The van der Waals surface area contributed by atoms with Crippen LogP contribution in [0.1, 0.15) is 6.92 Å². The van der Waals surface area contributed by atoms with Gasteiger partial charge in [0.1, 0.15) is 17.2 Å². The zero-order chi connectivity index (χ0) is 12.8. The molecule has 0 bridgehead atoms. The topological polar surface area (TPSA) is 47.9 Å². The minimum atomic E-state index is 0.0752. The van der Waals surface area contributed by atoms with E-state index in [-0.39, 0.29) is 11.9 Å². The predicted octanol–water partition coefficient (Wildman–Crippen LogP) is 2.19. The zero-order valence-electron chi connectivity index (χ0n) is 10.5. The largest absolute Gasteiger partial charge is 0.496 e. The standard InChI is InChI=1S/C12H18O4S/c1-8(7-13)17-12-10(15-3)5-9(14-2)6-11(12)16-4/h5-6,8,13H,7H2,1-4H3. The molecule has 4 nitrogen and oxygen atoms in total. The first-order valence-electron chi connectivity index (χ1n) is 5.23. The average molecular weight is 258 g/mol. The van der Waals surface area contributed by atoms with Gasteiger partial charge in [-0.1, -0.05) is 6.92 Å². The molecule has 0 fully saturated rings. The zero-order valence-corrected chi connectivity index (χ0v) is 11.3. The van der Waals surface area contributed by atoms with Crippen LogP contribution in [0, 0.1) is 0 Å². The number of benzene rings is 1. The van der Waals surface area contributed by atoms with Gasteiger partial charge in [0.2, 0.25) is 0 Å². The maximum atomic E-state index is 9.10. The van der Waals surface area contributed by atoms with Crippen LogP contribution in [0.2, 0.25) is 0 Å². The van der Waals surface area contributed by atoms with Gasteiger partial charge in [-0.05, 0) is 0 Å². The van der Waals surface area contributed by atoms with Crippen molar-refractivity contribution in [2.75, 3.05) is 27.9 Å². The molecule has 1 rings (SSSR count). The van der Waals surface area contributed by atoms with Crippen LogP contribution in [-0.4, -0.2) is 38.3 Å². The van der Waals surface area contributed by atoms with E-state index in [9.17, 15) is 0 Å². The summed E-state index contributed by atoms with van der Waals surface area (Å²) in [4.78, 5) is 0.873. The maximum Gasteiger partial charge on any atom is 0.139 e. The van der Waals surface area contributed by atoms with Crippen molar-refractivity contribution in [1.82, 2.24) is 0 Å². The third kappa shape index (κ3) is 3.44. The highest BCUT2D eigenvalue weighted by molar-refractivity contribution is 8.00. The van der Waals surface area contributed by atoms with Crippen LogP contribution in [0.3, 0.4) is 0 Å². The smallest absolute Gasteiger partial charge is 0.139 e. The first-order chi connectivity index (χ1) is 8.15. The molecule has 0 saturated carbocycles. The minimum absolute atomic E-state index is 0.0752. The summed E-state index contributed by atoms with van der Waals surface area (Å²) in [5, 5.41) is 9.17. The fourth-order valence-corrected chi connectivity index (χ4v) is 2.32. The maximum absolute atomic E-state index is 9.10. The molecule has 0 spiro atoms. The molecule has 1 atom stereocenters. The van der Waals surface area contributed by atoms with Gasteiger partial charge in [-0.15, -0.1) is 11.8 Å². The highest BCUT2D eigenvalue weighted by Gasteiger charge is 2.16. The molecule has 5 heteroatoms. The fourth-order valence-electron chi connectivity index (χ4n) is 1.33. The summed E-state index contributed by atoms with van der Waals surface area (Å²) >= 11 is 1.51. The van der Waals surface area contributed by atoms with Crippen molar-refractivity contribution in [2.24, 2.45) is 0 Å². The second-order valence-electron chi connectivity index (χ2n) is 3.47. The van der Waals surface area contributed by atoms with Crippen molar-refractivity contribution in [3.8, 4) is 17.2 Å². The van der Waals surface area contributed by atoms with Crippen molar-refractivity contribution >= 4 is 11.8 Å². The Hall–Kier alpha value is -1.07. The van der Waals surface area contributed by atoms with Gasteiger partial charge in [-0.25, -0.2) is 0 Å². The number of thioether (sulfide) groups is 1. The summed E-state index contributed by atoms with van der Waals surface area (Å²) in [6.07, 6.45) is 0. The summed E-state index contributed by atoms with van der Waals surface area (Å²) in [6, 6.07) is 3.60. The van der Waals surface area contributed by atoms with E-state index in [1.54, 1.807) is 33.5 Å². The summed E-state index contributed by atoms with van der Waals surface area (Å²) in [5.41, 5.74) is 0. The quantitative estimate of drug-likeness (QED) is 0.793. The number of aliphatic hydroxyl groups excluding tert-OH is 1. The van der Waals surface area contributed by atoms with E-state index in [2.05, 4.69) is 0 Å². The van der Waals surface area contributed by atoms with Crippen molar-refractivity contribution in [3.05, 3.63) is 12.1 Å². The summed E-state index contributed by atoms with van der Waals surface area (Å²) in [7, 11) is 4.79. The van der Waals surface area contributed by atoms with Crippen LogP contribution in [0.5, 0.6) is 17.2 Å². The van der Waals surface area contributed by atoms with Crippen molar-refractivity contribution in [2.45, 2.75) is 17.1 Å². The second-order valence-corrected chi connectivity index (χ2v) is 4.92. The van der Waals surface area contributed by atoms with Crippen LogP contribution in [0.15, 0.2) is 17.0 Å². The lowest BCUT2D eigenvalue weighted by Gasteiger charge is -2.16. The molecule has 0 saturated heterocycles. The van der Waals surface area contributed by atoms with E-state index in [1.807, 2.05) is 6.92 Å². The molecule has 1 aromatic carbocycles. The van der Waals surface area contributed by atoms with Crippen LogP contribution in [-0.2, 0) is 0 Å². The molecular weight excluding hydrogens is 240 g/mol. The number of hydrogen-bond acceptors (Lipinski definition) is 5. The number of ether oxygens (including phenoxy) is 3. The van der Waals surface area contributed by atoms with E-state index in [0.29, 0.717) is 17.2 Å². The number of hydrogen-bond donors (Lipinski definition) is 1. The third-order valence-electron chi connectivity index (χ3n) is 2.25. The van der Waals surface area contributed by atoms with E-state index >= 15 is 0 Å². The lowest BCUT2D eigenvalue weighted by atomic mass is 10.3. The molecule has 0 aromatic heterocycles. The monoisotopic (exact) mass is 258 g/mol. The predicted molar refractivity (Wildman–Crippen MR) is 68.5 cm³/mol. The molecule has 17 heavy (non-hydrogen) atoms. The Kier molecular flexibility index (Phi) is 5.44.